The van der Waals surface area contributed by atoms with Crippen LogP contribution in [0.2, 0.25) is 4.55 Å². The molecule has 13 heavy (non-hydrogen) atoms. The number of hydrogen-bond donors (Lipinski definition) is 0. The molecule has 0 rings (SSSR count). The molecule has 0 aromatic rings. The fourth-order valence-corrected chi connectivity index (χ4v) is 1.70. The van der Waals surface area contributed by atoms with Gasteiger partial charge in [-0.05, 0) is 0 Å². The smallest absolute Gasteiger partial charge is 1.00 e. The number of rotatable bonds is 9. The van der Waals surface area contributed by atoms with Crippen molar-refractivity contribution in [2.24, 2.45) is 0 Å². The van der Waals surface area contributed by atoms with E-state index >= 15 is 0 Å². The van der Waals surface area contributed by atoms with Gasteiger partial charge < -0.3 is 17.0 Å². The first-order valence-electron chi connectivity index (χ1n) is 5.32. The summed E-state index contributed by atoms with van der Waals surface area (Å²) in [5, 5.41) is 0. The molecule has 0 aliphatic rings. The molecule has 0 radical (unpaired) electrons. The first-order chi connectivity index (χ1) is 5.91. The van der Waals surface area contributed by atoms with Crippen molar-refractivity contribution in [1.29, 1.82) is 0 Å². The van der Waals surface area contributed by atoms with Crippen molar-refractivity contribution in [3.05, 3.63) is 12.7 Å². The molecule has 0 aliphatic carbocycles. The van der Waals surface area contributed by atoms with E-state index < -0.39 is 0 Å². The average Bonchev–Trinajstić information content (AvgIpc) is 2.10. The molecule has 0 N–H and O–H groups in total. The Kier molecular flexibility index (Phi) is 19.5. The molecule has 0 bridgehead atoms. The van der Waals surface area contributed by atoms with E-state index in [0.717, 1.165) is 0 Å². The van der Waals surface area contributed by atoms with E-state index in [-0.39, 0.29) is 17.0 Å². The van der Waals surface area contributed by atoms with Gasteiger partial charge in [0.15, 0.2) is 0 Å². The van der Waals surface area contributed by atoms with Crippen LogP contribution < -0.4 is 17.0 Å². The molecule has 0 saturated carbocycles. The van der Waals surface area contributed by atoms with Gasteiger partial charge in [-0.1, -0.05) is 0 Å². The van der Waals surface area contributed by atoms with Crippen molar-refractivity contribution in [3.63, 3.8) is 0 Å². The summed E-state index contributed by atoms with van der Waals surface area (Å²) in [6, 6.07) is 0. The van der Waals surface area contributed by atoms with Crippen molar-refractivity contribution < 1.29 is 17.0 Å². The first-order valence-corrected chi connectivity index (χ1v) is 6.32. The van der Waals surface area contributed by atoms with Gasteiger partial charge >= 0.3 is 90.3 Å². The minimum Gasteiger partial charge on any atom is -1.00 e. The topological polar surface area (TPSA) is 0 Å². The van der Waals surface area contributed by atoms with Crippen molar-refractivity contribution in [2.75, 3.05) is 0 Å². The van der Waals surface area contributed by atoms with E-state index in [1.54, 1.807) is 0 Å². The molecular weight excluding hydrogens is 236 g/mol. The van der Waals surface area contributed by atoms with Crippen LogP contribution in [0.1, 0.15) is 51.4 Å². The quantitative estimate of drug-likeness (QED) is 0.327. The van der Waals surface area contributed by atoms with E-state index in [1.165, 1.54) is 55.9 Å². The zero-order valence-corrected chi connectivity index (χ0v) is 11.7. The molecule has 0 aromatic carbocycles. The third-order valence-corrected chi connectivity index (χ3v) is 2.66. The molecule has 0 nitrogen and oxygen atoms in total. The molecule has 0 heterocycles. The molecule has 0 aromatic heterocycles. The Morgan fingerprint density at radius 3 is 1.77 bits per heavy atom. The summed E-state index contributed by atoms with van der Waals surface area (Å²) in [5.41, 5.74) is 0. The Hall–Kier alpha value is 0.986. The minimum absolute atomic E-state index is 0. The summed E-state index contributed by atoms with van der Waals surface area (Å²) in [6.07, 6.45) is 13.2. The Balaban J connectivity index is 0. The van der Waals surface area contributed by atoms with Gasteiger partial charge in [-0.25, -0.2) is 0 Å². The Labute approximate surface area is 107 Å². The third kappa shape index (κ3) is 15.7. The van der Waals surface area contributed by atoms with Gasteiger partial charge in [0.05, 0.1) is 0 Å². The second-order valence-electron chi connectivity index (χ2n) is 3.41. The van der Waals surface area contributed by atoms with Crippen LogP contribution in [0.3, 0.4) is 0 Å². The first kappa shape index (κ1) is 16.4. The number of halogens is 1. The van der Waals surface area contributed by atoms with Crippen molar-refractivity contribution in [1.82, 2.24) is 0 Å². The van der Waals surface area contributed by atoms with Crippen LogP contribution in [0.4, 0.5) is 0 Å². The van der Waals surface area contributed by atoms with Crippen LogP contribution >= 0.6 is 0 Å². The molecule has 0 amide bonds. The normalized spacial score (nSPS) is 9.38. The molecule has 0 unspecified atom stereocenters. The standard InChI is InChI=1S/C11H21.BrH.Mg/c1-3-5-7-9-11-10-8-6-4-2;;/h3H,1-2,4-11H2;1H;/q;;+1/p-1. The van der Waals surface area contributed by atoms with Gasteiger partial charge in [-0.15, -0.1) is 0 Å². The van der Waals surface area contributed by atoms with Crippen LogP contribution in [0.15, 0.2) is 12.7 Å². The molecule has 74 valence electrons. The molecule has 0 saturated heterocycles. The van der Waals surface area contributed by atoms with Crippen LogP contribution in [0.5, 0.6) is 0 Å². The maximum absolute atomic E-state index is 3.72. The SMILES string of the molecule is C=CCCCCCCCC[CH2][Mg+].[Br-]. The summed E-state index contributed by atoms with van der Waals surface area (Å²) in [6.45, 7) is 3.72. The van der Waals surface area contributed by atoms with E-state index in [0.29, 0.717) is 0 Å². The average molecular weight is 257 g/mol. The van der Waals surface area contributed by atoms with Crippen molar-refractivity contribution in [2.45, 2.75) is 55.9 Å². The van der Waals surface area contributed by atoms with Crippen LogP contribution in [-0.2, 0) is 0 Å². The number of unbranched alkanes of at least 4 members (excludes halogenated alkanes) is 7. The predicted molar refractivity (Wildman–Crippen MR) is 57.7 cm³/mol. The summed E-state index contributed by atoms with van der Waals surface area (Å²) >= 11 is 2.09. The van der Waals surface area contributed by atoms with E-state index in [4.69, 9.17) is 0 Å². The van der Waals surface area contributed by atoms with Gasteiger partial charge in [-0.2, -0.15) is 0 Å². The zero-order valence-electron chi connectivity index (χ0n) is 8.73. The molecule has 2 heteroatoms. The molecule has 0 aliphatic heterocycles. The van der Waals surface area contributed by atoms with Gasteiger partial charge in [0, 0.05) is 0 Å². The van der Waals surface area contributed by atoms with E-state index in [2.05, 4.69) is 28.3 Å². The second-order valence-corrected chi connectivity index (χ2v) is 4.11. The van der Waals surface area contributed by atoms with Crippen LogP contribution in [0, 0.1) is 0 Å². The largest absolute Gasteiger partial charge is 1.00 e. The Morgan fingerprint density at radius 1 is 0.846 bits per heavy atom. The molecule has 0 atom stereocenters. The number of hydrogen-bond acceptors (Lipinski definition) is 0. The van der Waals surface area contributed by atoms with Crippen molar-refractivity contribution in [3.8, 4) is 0 Å². The monoisotopic (exact) mass is 256 g/mol. The van der Waals surface area contributed by atoms with Crippen molar-refractivity contribution >= 4 is 21.7 Å². The van der Waals surface area contributed by atoms with Gasteiger partial charge in [-0.3, -0.25) is 0 Å². The van der Waals surface area contributed by atoms with Crippen LogP contribution in [0.25, 0.3) is 0 Å². The summed E-state index contributed by atoms with van der Waals surface area (Å²) in [7, 11) is 0. The molecule has 0 fully saturated rings. The van der Waals surface area contributed by atoms with E-state index in [1.807, 2.05) is 6.08 Å². The number of allylic oxidation sites excluding steroid dienone is 1. The predicted octanol–water partition coefficient (Wildman–Crippen LogP) is 0.884. The third-order valence-electron chi connectivity index (χ3n) is 2.16. The maximum Gasteiger partial charge on any atom is -1.00 e. The van der Waals surface area contributed by atoms with Gasteiger partial charge in [0.25, 0.3) is 0 Å². The summed E-state index contributed by atoms with van der Waals surface area (Å²) in [4.78, 5) is 0. The Morgan fingerprint density at radius 2 is 1.31 bits per heavy atom. The maximum atomic E-state index is 3.72. The van der Waals surface area contributed by atoms with E-state index in [9.17, 15) is 0 Å². The second kappa shape index (κ2) is 15.5. The summed E-state index contributed by atoms with van der Waals surface area (Å²) < 4.78 is 1.39. The molecule has 0 spiro atoms. The fourth-order valence-electron chi connectivity index (χ4n) is 1.35. The zero-order chi connectivity index (χ0) is 9.07. The molecular formula is C11H21BrMg. The van der Waals surface area contributed by atoms with Crippen LogP contribution in [-0.4, -0.2) is 21.7 Å². The van der Waals surface area contributed by atoms with Gasteiger partial charge in [0.2, 0.25) is 0 Å². The Bertz CT molecular complexity index is 94.1. The summed E-state index contributed by atoms with van der Waals surface area (Å²) in [5.74, 6) is 0. The fraction of sp³-hybridized carbons (Fsp3) is 0.818. The van der Waals surface area contributed by atoms with Gasteiger partial charge in [0.1, 0.15) is 0 Å². The minimum atomic E-state index is 0.